The molecule has 0 aromatic heterocycles. The number of amides is 1. The molecule has 0 aliphatic heterocycles. The highest BCUT2D eigenvalue weighted by Crippen LogP contribution is 2.36. The summed E-state index contributed by atoms with van der Waals surface area (Å²) in [6.45, 7) is 1.70. The zero-order valence-corrected chi connectivity index (χ0v) is 16.3. The van der Waals surface area contributed by atoms with Gasteiger partial charge >= 0.3 is 0 Å². The summed E-state index contributed by atoms with van der Waals surface area (Å²) < 4.78 is 15.7. The SMILES string of the molecule is COc1cc(OC)c(OC)cc1/C=C(\C#N)C(=O)Nc1ccc(C)cc1[N+](=O)[O-]. The van der Waals surface area contributed by atoms with Crippen LogP contribution < -0.4 is 19.5 Å². The monoisotopic (exact) mass is 397 g/mol. The number of nitriles is 1. The third-order valence-electron chi connectivity index (χ3n) is 4.00. The van der Waals surface area contributed by atoms with E-state index in [0.717, 1.165) is 0 Å². The number of benzene rings is 2. The van der Waals surface area contributed by atoms with E-state index in [1.54, 1.807) is 31.2 Å². The number of aryl methyl sites for hydroxylation is 1. The molecule has 150 valence electrons. The molecule has 0 saturated carbocycles. The van der Waals surface area contributed by atoms with Crippen LogP contribution in [0.25, 0.3) is 6.08 Å². The molecule has 2 aromatic carbocycles. The summed E-state index contributed by atoms with van der Waals surface area (Å²) in [6, 6.07) is 9.28. The van der Waals surface area contributed by atoms with Crippen LogP contribution in [0.4, 0.5) is 11.4 Å². The van der Waals surface area contributed by atoms with Crippen LogP contribution >= 0.6 is 0 Å². The first-order valence-electron chi connectivity index (χ1n) is 8.32. The Morgan fingerprint density at radius 2 is 1.72 bits per heavy atom. The van der Waals surface area contributed by atoms with Gasteiger partial charge in [-0.15, -0.1) is 0 Å². The van der Waals surface area contributed by atoms with E-state index in [0.29, 0.717) is 28.4 Å². The first-order valence-corrected chi connectivity index (χ1v) is 8.32. The number of nitrogens with zero attached hydrogens (tertiary/aromatic N) is 2. The Bertz CT molecular complexity index is 1020. The van der Waals surface area contributed by atoms with Gasteiger partial charge in [-0.1, -0.05) is 6.07 Å². The summed E-state index contributed by atoms with van der Waals surface area (Å²) in [5, 5.41) is 23.1. The van der Waals surface area contributed by atoms with Crippen LogP contribution in [0.15, 0.2) is 35.9 Å². The molecule has 0 atom stereocenters. The van der Waals surface area contributed by atoms with Gasteiger partial charge in [0.15, 0.2) is 11.5 Å². The van der Waals surface area contributed by atoms with Crippen molar-refractivity contribution in [3.8, 4) is 23.3 Å². The number of ether oxygens (including phenoxy) is 3. The van der Waals surface area contributed by atoms with Crippen molar-refractivity contribution in [2.24, 2.45) is 0 Å². The Morgan fingerprint density at radius 3 is 2.28 bits per heavy atom. The summed E-state index contributed by atoms with van der Waals surface area (Å²) in [5.41, 5.74) is 0.520. The van der Waals surface area contributed by atoms with Crippen LogP contribution in [0, 0.1) is 28.4 Å². The fourth-order valence-electron chi connectivity index (χ4n) is 2.56. The number of methoxy groups -OCH3 is 3. The average Bonchev–Trinajstić information content (AvgIpc) is 2.72. The Labute approximate surface area is 167 Å². The van der Waals surface area contributed by atoms with Crippen molar-refractivity contribution in [3.05, 3.63) is 57.1 Å². The van der Waals surface area contributed by atoms with Crippen LogP contribution in [0.5, 0.6) is 17.2 Å². The number of nitro groups is 1. The first-order chi connectivity index (χ1) is 13.8. The number of carbonyl (C=O) groups is 1. The molecule has 1 N–H and O–H groups in total. The van der Waals surface area contributed by atoms with Crippen LogP contribution in [0.2, 0.25) is 0 Å². The quantitative estimate of drug-likeness (QED) is 0.328. The maximum Gasteiger partial charge on any atom is 0.293 e. The fraction of sp³-hybridized carbons (Fsp3) is 0.200. The highest BCUT2D eigenvalue weighted by atomic mass is 16.6. The largest absolute Gasteiger partial charge is 0.496 e. The third kappa shape index (κ3) is 4.81. The summed E-state index contributed by atoms with van der Waals surface area (Å²) in [5.74, 6) is 0.354. The van der Waals surface area contributed by atoms with Gasteiger partial charge in [0.1, 0.15) is 23.1 Å². The van der Waals surface area contributed by atoms with Crippen LogP contribution in [0.3, 0.4) is 0 Å². The van der Waals surface area contributed by atoms with Gasteiger partial charge < -0.3 is 19.5 Å². The smallest absolute Gasteiger partial charge is 0.293 e. The molecule has 2 aromatic rings. The minimum absolute atomic E-state index is 0.00831. The lowest BCUT2D eigenvalue weighted by molar-refractivity contribution is -0.384. The van der Waals surface area contributed by atoms with E-state index in [-0.39, 0.29) is 16.9 Å². The predicted molar refractivity (Wildman–Crippen MR) is 106 cm³/mol. The molecule has 0 saturated heterocycles. The second kappa shape index (κ2) is 9.23. The lowest BCUT2D eigenvalue weighted by atomic mass is 10.1. The van der Waals surface area contributed by atoms with Crippen molar-refractivity contribution >= 4 is 23.4 Å². The van der Waals surface area contributed by atoms with Gasteiger partial charge in [-0.2, -0.15) is 5.26 Å². The molecule has 9 heteroatoms. The van der Waals surface area contributed by atoms with Crippen molar-refractivity contribution in [2.45, 2.75) is 6.92 Å². The average molecular weight is 397 g/mol. The number of rotatable bonds is 7. The van der Waals surface area contributed by atoms with Crippen LogP contribution in [-0.2, 0) is 4.79 Å². The number of nitro benzene ring substituents is 1. The van der Waals surface area contributed by atoms with E-state index in [2.05, 4.69) is 5.32 Å². The van der Waals surface area contributed by atoms with Crippen molar-refractivity contribution in [2.75, 3.05) is 26.6 Å². The van der Waals surface area contributed by atoms with Crippen molar-refractivity contribution in [1.29, 1.82) is 5.26 Å². The molecule has 29 heavy (non-hydrogen) atoms. The van der Waals surface area contributed by atoms with Crippen LogP contribution in [0.1, 0.15) is 11.1 Å². The van der Waals surface area contributed by atoms with Crippen molar-refractivity contribution in [3.63, 3.8) is 0 Å². The molecule has 9 nitrogen and oxygen atoms in total. The second-order valence-corrected chi connectivity index (χ2v) is 5.85. The maximum atomic E-state index is 12.6. The van der Waals surface area contributed by atoms with Gasteiger partial charge in [-0.3, -0.25) is 14.9 Å². The number of anilines is 1. The fourth-order valence-corrected chi connectivity index (χ4v) is 2.56. The first kappa shape index (κ1) is 21.2. The standard InChI is InChI=1S/C20H19N3O6/c1-12-5-6-15(16(7-12)23(25)26)22-20(24)14(11-21)8-13-9-18(28-3)19(29-4)10-17(13)27-2/h5-10H,1-4H3,(H,22,24)/b14-8+. The van der Waals surface area contributed by atoms with E-state index in [1.807, 2.05) is 0 Å². The van der Waals surface area contributed by atoms with Crippen molar-refractivity contribution in [1.82, 2.24) is 0 Å². The Kier molecular flexibility index (Phi) is 6.76. The molecule has 0 heterocycles. The molecule has 0 radical (unpaired) electrons. The zero-order chi connectivity index (χ0) is 21.6. The molecule has 0 bridgehead atoms. The zero-order valence-electron chi connectivity index (χ0n) is 16.3. The minimum atomic E-state index is -0.795. The number of carbonyl (C=O) groups excluding carboxylic acids is 1. The van der Waals surface area contributed by atoms with E-state index < -0.39 is 10.8 Å². The Balaban J connectivity index is 2.44. The third-order valence-corrected chi connectivity index (χ3v) is 4.00. The van der Waals surface area contributed by atoms with Gasteiger partial charge in [0.25, 0.3) is 11.6 Å². The topological polar surface area (TPSA) is 124 Å². The maximum absolute atomic E-state index is 12.6. The summed E-state index contributed by atoms with van der Waals surface area (Å²) in [7, 11) is 4.35. The summed E-state index contributed by atoms with van der Waals surface area (Å²) in [4.78, 5) is 23.2. The minimum Gasteiger partial charge on any atom is -0.496 e. The molecule has 0 aliphatic rings. The van der Waals surface area contributed by atoms with Gasteiger partial charge in [0, 0.05) is 17.7 Å². The number of hydrogen-bond acceptors (Lipinski definition) is 7. The number of nitrogens with one attached hydrogen (secondary N) is 1. The van der Waals surface area contributed by atoms with E-state index in [9.17, 15) is 20.2 Å². The van der Waals surface area contributed by atoms with E-state index in [4.69, 9.17) is 14.2 Å². The Morgan fingerprint density at radius 1 is 1.10 bits per heavy atom. The number of hydrogen-bond donors (Lipinski definition) is 1. The highest BCUT2D eigenvalue weighted by Gasteiger charge is 2.19. The lowest BCUT2D eigenvalue weighted by Gasteiger charge is -2.12. The van der Waals surface area contributed by atoms with Gasteiger partial charge in [0.2, 0.25) is 0 Å². The Hall–Kier alpha value is -4.06. The van der Waals surface area contributed by atoms with E-state index in [1.165, 1.54) is 39.5 Å². The summed E-state index contributed by atoms with van der Waals surface area (Å²) in [6.07, 6.45) is 1.30. The molecule has 0 spiro atoms. The summed E-state index contributed by atoms with van der Waals surface area (Å²) >= 11 is 0. The molecular formula is C20H19N3O6. The molecule has 0 fully saturated rings. The lowest BCUT2D eigenvalue weighted by Crippen LogP contribution is -2.14. The molecule has 1 amide bonds. The van der Waals surface area contributed by atoms with Gasteiger partial charge in [-0.25, -0.2) is 0 Å². The molecule has 0 aliphatic carbocycles. The van der Waals surface area contributed by atoms with Crippen LogP contribution in [-0.4, -0.2) is 32.2 Å². The van der Waals surface area contributed by atoms with Gasteiger partial charge in [0.05, 0.1) is 26.3 Å². The normalized spacial score (nSPS) is 10.7. The second-order valence-electron chi connectivity index (χ2n) is 5.85. The predicted octanol–water partition coefficient (Wildman–Crippen LogP) is 3.47. The van der Waals surface area contributed by atoms with E-state index >= 15 is 0 Å². The van der Waals surface area contributed by atoms with Gasteiger partial charge in [-0.05, 0) is 30.7 Å². The molecular weight excluding hydrogens is 378 g/mol. The van der Waals surface area contributed by atoms with Crippen molar-refractivity contribution < 1.29 is 23.9 Å². The molecule has 0 unspecified atom stereocenters. The molecule has 2 rings (SSSR count). The highest BCUT2D eigenvalue weighted by molar-refractivity contribution is 6.10.